The Bertz CT molecular complexity index is 519. The zero-order valence-electron chi connectivity index (χ0n) is 11.5. The number of nitrogens with zero attached hydrogens (tertiary/aromatic N) is 1. The molecule has 18 heavy (non-hydrogen) atoms. The van der Waals surface area contributed by atoms with Crippen molar-refractivity contribution in [3.05, 3.63) is 41.6 Å². The molecule has 1 unspecified atom stereocenters. The predicted molar refractivity (Wildman–Crippen MR) is 77.9 cm³/mol. The average Bonchev–Trinajstić information content (AvgIpc) is 2.36. The highest BCUT2D eigenvalue weighted by Crippen LogP contribution is 2.16. The average molecular weight is 242 g/mol. The van der Waals surface area contributed by atoms with E-state index >= 15 is 0 Å². The van der Waals surface area contributed by atoms with E-state index < -0.39 is 0 Å². The van der Waals surface area contributed by atoms with Gasteiger partial charge in [-0.15, -0.1) is 0 Å². The quantitative estimate of drug-likeness (QED) is 0.868. The number of fused-ring (bicyclic) bond motifs is 1. The van der Waals surface area contributed by atoms with Crippen LogP contribution < -0.4 is 5.32 Å². The molecular formula is C16H22N2. The predicted octanol–water partition coefficient (Wildman–Crippen LogP) is 3.47. The fourth-order valence-corrected chi connectivity index (χ4v) is 2.27. The van der Waals surface area contributed by atoms with Gasteiger partial charge in [0.2, 0.25) is 0 Å². The number of rotatable bonds is 5. The van der Waals surface area contributed by atoms with Crippen molar-refractivity contribution >= 4 is 10.9 Å². The zero-order valence-corrected chi connectivity index (χ0v) is 11.5. The van der Waals surface area contributed by atoms with Gasteiger partial charge >= 0.3 is 0 Å². The van der Waals surface area contributed by atoms with Crippen molar-refractivity contribution < 1.29 is 0 Å². The Labute approximate surface area is 109 Å². The van der Waals surface area contributed by atoms with Crippen LogP contribution in [0.25, 0.3) is 10.9 Å². The molecule has 0 aliphatic rings. The minimum atomic E-state index is 0.585. The smallest absolute Gasteiger partial charge is 0.0705 e. The number of nitrogens with one attached hydrogen (secondary N) is 1. The molecule has 0 aliphatic heterocycles. The molecular weight excluding hydrogens is 220 g/mol. The van der Waals surface area contributed by atoms with Crippen LogP contribution in [0.3, 0.4) is 0 Å². The van der Waals surface area contributed by atoms with Crippen LogP contribution in [0.15, 0.2) is 30.3 Å². The van der Waals surface area contributed by atoms with Crippen molar-refractivity contribution in [2.24, 2.45) is 0 Å². The Morgan fingerprint density at radius 1 is 1.22 bits per heavy atom. The zero-order chi connectivity index (χ0) is 13.0. The summed E-state index contributed by atoms with van der Waals surface area (Å²) in [6, 6.07) is 11.4. The lowest BCUT2D eigenvalue weighted by Crippen LogP contribution is -2.25. The number of benzene rings is 1. The van der Waals surface area contributed by atoms with Crippen LogP contribution in [-0.4, -0.2) is 17.6 Å². The number of aryl methyl sites for hydroxylation is 2. The van der Waals surface area contributed by atoms with Gasteiger partial charge in [-0.2, -0.15) is 0 Å². The van der Waals surface area contributed by atoms with Gasteiger partial charge in [-0.1, -0.05) is 19.1 Å². The first-order chi connectivity index (χ1) is 8.69. The third-order valence-corrected chi connectivity index (χ3v) is 3.31. The van der Waals surface area contributed by atoms with Crippen LogP contribution in [0.2, 0.25) is 0 Å². The molecule has 2 aromatic rings. The molecule has 0 bridgehead atoms. The van der Waals surface area contributed by atoms with E-state index in [9.17, 15) is 0 Å². The molecule has 0 spiro atoms. The molecule has 0 saturated heterocycles. The maximum atomic E-state index is 4.53. The summed E-state index contributed by atoms with van der Waals surface area (Å²) in [5.41, 5.74) is 3.58. The Balaban J connectivity index is 2.08. The van der Waals surface area contributed by atoms with Gasteiger partial charge < -0.3 is 5.32 Å². The minimum Gasteiger partial charge on any atom is -0.315 e. The van der Waals surface area contributed by atoms with Crippen LogP contribution >= 0.6 is 0 Å². The van der Waals surface area contributed by atoms with Crippen LogP contribution in [0, 0.1) is 6.92 Å². The van der Waals surface area contributed by atoms with E-state index in [1.54, 1.807) is 0 Å². The first-order valence-corrected chi connectivity index (χ1v) is 6.78. The van der Waals surface area contributed by atoms with Crippen LogP contribution in [0.4, 0.5) is 0 Å². The third kappa shape index (κ3) is 3.30. The summed E-state index contributed by atoms with van der Waals surface area (Å²) in [6.07, 6.45) is 2.30. The van der Waals surface area contributed by atoms with Gasteiger partial charge in [0, 0.05) is 17.1 Å². The van der Waals surface area contributed by atoms with Crippen molar-refractivity contribution in [1.29, 1.82) is 0 Å². The summed E-state index contributed by atoms with van der Waals surface area (Å²) in [5.74, 6) is 0. The first-order valence-electron chi connectivity index (χ1n) is 6.78. The molecule has 2 nitrogen and oxygen atoms in total. The van der Waals surface area contributed by atoms with Crippen LogP contribution in [-0.2, 0) is 6.42 Å². The number of pyridine rings is 1. The van der Waals surface area contributed by atoms with E-state index in [4.69, 9.17) is 0 Å². The monoisotopic (exact) mass is 242 g/mol. The van der Waals surface area contributed by atoms with Crippen molar-refractivity contribution in [3.63, 3.8) is 0 Å². The van der Waals surface area contributed by atoms with Crippen molar-refractivity contribution in [1.82, 2.24) is 10.3 Å². The van der Waals surface area contributed by atoms with E-state index in [2.05, 4.69) is 54.5 Å². The summed E-state index contributed by atoms with van der Waals surface area (Å²) < 4.78 is 0. The van der Waals surface area contributed by atoms with Gasteiger partial charge in [0.25, 0.3) is 0 Å². The highest BCUT2D eigenvalue weighted by Gasteiger charge is 2.02. The summed E-state index contributed by atoms with van der Waals surface area (Å²) in [7, 11) is 0. The number of aromatic nitrogens is 1. The lowest BCUT2D eigenvalue weighted by atomic mass is 10.0. The molecule has 1 atom stereocenters. The van der Waals surface area contributed by atoms with E-state index in [0.717, 1.165) is 24.2 Å². The molecule has 0 aliphatic carbocycles. The lowest BCUT2D eigenvalue weighted by molar-refractivity contribution is 0.531. The van der Waals surface area contributed by atoms with Crippen molar-refractivity contribution in [3.8, 4) is 0 Å². The maximum absolute atomic E-state index is 4.53. The molecule has 0 fully saturated rings. The highest BCUT2D eigenvalue weighted by molar-refractivity contribution is 5.79. The topological polar surface area (TPSA) is 24.9 Å². The van der Waals surface area contributed by atoms with E-state index in [-0.39, 0.29) is 0 Å². The summed E-state index contributed by atoms with van der Waals surface area (Å²) in [5, 5.41) is 4.69. The summed E-state index contributed by atoms with van der Waals surface area (Å²) in [6.45, 7) is 7.48. The molecule has 0 radical (unpaired) electrons. The Morgan fingerprint density at radius 2 is 2.06 bits per heavy atom. The number of hydrogen-bond acceptors (Lipinski definition) is 2. The maximum Gasteiger partial charge on any atom is 0.0705 e. The molecule has 1 aromatic carbocycles. The molecule has 2 heteroatoms. The second-order valence-electron chi connectivity index (χ2n) is 4.98. The van der Waals surface area contributed by atoms with Gasteiger partial charge in [0.05, 0.1) is 5.52 Å². The molecule has 1 heterocycles. The van der Waals surface area contributed by atoms with E-state index in [1.807, 2.05) is 6.92 Å². The molecule has 0 amide bonds. The second kappa shape index (κ2) is 5.96. The summed E-state index contributed by atoms with van der Waals surface area (Å²) in [4.78, 5) is 4.53. The Hall–Kier alpha value is -1.41. The minimum absolute atomic E-state index is 0.585. The Kier molecular flexibility index (Phi) is 4.32. The Morgan fingerprint density at radius 3 is 2.83 bits per heavy atom. The number of hydrogen-bond donors (Lipinski definition) is 1. The highest BCUT2D eigenvalue weighted by atomic mass is 14.9. The van der Waals surface area contributed by atoms with Gasteiger partial charge in [0.1, 0.15) is 0 Å². The fourth-order valence-electron chi connectivity index (χ4n) is 2.27. The largest absolute Gasteiger partial charge is 0.315 e. The summed E-state index contributed by atoms with van der Waals surface area (Å²) >= 11 is 0. The fraction of sp³-hybridized carbons (Fsp3) is 0.438. The molecule has 96 valence electrons. The standard InChI is InChI=1S/C16H22N2/c1-4-17-12(2)5-7-14-8-10-16-15(11-14)9-6-13(3)18-16/h6,8-12,17H,4-5,7H2,1-3H3. The second-order valence-corrected chi connectivity index (χ2v) is 4.98. The molecule has 1 aromatic heterocycles. The molecule has 1 N–H and O–H groups in total. The SMILES string of the molecule is CCNC(C)CCc1ccc2nc(C)ccc2c1. The van der Waals surface area contributed by atoms with Crippen LogP contribution in [0.1, 0.15) is 31.5 Å². The lowest BCUT2D eigenvalue weighted by Gasteiger charge is -2.12. The molecule has 2 rings (SSSR count). The van der Waals surface area contributed by atoms with Gasteiger partial charge in [-0.25, -0.2) is 0 Å². The van der Waals surface area contributed by atoms with Crippen molar-refractivity contribution in [2.75, 3.05) is 6.54 Å². The van der Waals surface area contributed by atoms with E-state index in [0.29, 0.717) is 6.04 Å². The first kappa shape index (κ1) is 13.0. The van der Waals surface area contributed by atoms with Gasteiger partial charge in [0.15, 0.2) is 0 Å². The van der Waals surface area contributed by atoms with Crippen LogP contribution in [0.5, 0.6) is 0 Å². The van der Waals surface area contributed by atoms with Gasteiger partial charge in [-0.3, -0.25) is 4.98 Å². The van der Waals surface area contributed by atoms with Crippen molar-refractivity contribution in [2.45, 2.75) is 39.7 Å². The normalized spacial score (nSPS) is 12.8. The van der Waals surface area contributed by atoms with E-state index in [1.165, 1.54) is 17.4 Å². The molecule has 0 saturated carbocycles. The third-order valence-electron chi connectivity index (χ3n) is 3.31. The van der Waals surface area contributed by atoms with Gasteiger partial charge in [-0.05, 0) is 57.0 Å².